The summed E-state index contributed by atoms with van der Waals surface area (Å²) in [5.41, 5.74) is 2.42. The van der Waals surface area contributed by atoms with Crippen molar-refractivity contribution in [1.82, 2.24) is 10.6 Å². The van der Waals surface area contributed by atoms with Crippen LogP contribution in [-0.4, -0.2) is 63.7 Å². The number of hydrogen-bond acceptors (Lipinski definition) is 7. The predicted octanol–water partition coefficient (Wildman–Crippen LogP) is 5.04. The molecule has 0 saturated carbocycles. The molecule has 0 aliphatic carbocycles. The molecule has 0 radical (unpaired) electrons. The van der Waals surface area contributed by atoms with Crippen LogP contribution in [0.5, 0.6) is 11.5 Å². The number of ether oxygens (including phenoxy) is 4. The van der Waals surface area contributed by atoms with Crippen LogP contribution in [0.4, 0.5) is 15.3 Å². The van der Waals surface area contributed by atoms with Gasteiger partial charge in [0.1, 0.15) is 5.60 Å². The molecule has 3 amide bonds. The fourth-order valence-corrected chi connectivity index (χ4v) is 4.77. The SMILES string of the molecule is CCOC(=O)N1c2cc(OC)c(OC)cc2C(CNC(=O)c2cccc(CCNC(=O)OC(C)(C)C)c2)CC1C. The highest BCUT2D eigenvalue weighted by Gasteiger charge is 2.36. The van der Waals surface area contributed by atoms with Gasteiger partial charge in [-0.15, -0.1) is 0 Å². The predicted molar refractivity (Wildman–Crippen MR) is 153 cm³/mol. The summed E-state index contributed by atoms with van der Waals surface area (Å²) in [5.74, 6) is 0.777. The van der Waals surface area contributed by atoms with Crippen LogP contribution >= 0.6 is 0 Å². The van der Waals surface area contributed by atoms with Crippen LogP contribution in [0.3, 0.4) is 0 Å². The normalized spacial score (nSPS) is 16.4. The Kier molecular flexibility index (Phi) is 10.3. The molecule has 2 aromatic rings. The molecule has 2 N–H and O–H groups in total. The number of nitrogens with one attached hydrogen (secondary N) is 2. The summed E-state index contributed by atoms with van der Waals surface area (Å²) < 4.78 is 21.6. The monoisotopic (exact) mass is 555 g/mol. The van der Waals surface area contributed by atoms with Gasteiger partial charge in [-0.2, -0.15) is 0 Å². The number of amides is 3. The average molecular weight is 556 g/mol. The minimum Gasteiger partial charge on any atom is -0.493 e. The molecule has 2 aromatic carbocycles. The third-order valence-electron chi connectivity index (χ3n) is 6.54. The number of fused-ring (bicyclic) bond motifs is 1. The van der Waals surface area contributed by atoms with Crippen molar-refractivity contribution in [3.8, 4) is 11.5 Å². The summed E-state index contributed by atoms with van der Waals surface area (Å²) >= 11 is 0. The third-order valence-corrected chi connectivity index (χ3v) is 6.54. The van der Waals surface area contributed by atoms with Gasteiger partial charge in [0.25, 0.3) is 5.91 Å². The standard InChI is InChI=1S/C30H41N3O7/c1-8-39-29(36)33-19(2)14-22(23-16-25(37-6)26(38-7)17-24(23)33)18-32-27(34)21-11-9-10-20(15-21)12-13-31-28(35)40-30(3,4)5/h9-11,15-17,19,22H,8,12-14,18H2,1-7H3,(H,31,35)(H,32,34). The van der Waals surface area contributed by atoms with Crippen LogP contribution in [0.25, 0.3) is 0 Å². The Hall–Kier alpha value is -3.95. The van der Waals surface area contributed by atoms with E-state index in [-0.39, 0.29) is 24.5 Å². The summed E-state index contributed by atoms with van der Waals surface area (Å²) in [6, 6.07) is 10.8. The first-order valence-electron chi connectivity index (χ1n) is 13.5. The molecule has 2 unspecified atom stereocenters. The molecule has 0 saturated heterocycles. The first-order valence-corrected chi connectivity index (χ1v) is 13.5. The van der Waals surface area contributed by atoms with E-state index in [4.69, 9.17) is 18.9 Å². The van der Waals surface area contributed by atoms with E-state index in [1.165, 1.54) is 0 Å². The second-order valence-corrected chi connectivity index (χ2v) is 10.7. The Labute approximate surface area is 236 Å². The molecule has 10 heteroatoms. The molecule has 1 heterocycles. The molecule has 10 nitrogen and oxygen atoms in total. The topological polar surface area (TPSA) is 115 Å². The van der Waals surface area contributed by atoms with Crippen molar-refractivity contribution in [2.75, 3.05) is 38.8 Å². The molecular formula is C30H41N3O7. The van der Waals surface area contributed by atoms with E-state index in [0.717, 1.165) is 11.1 Å². The smallest absolute Gasteiger partial charge is 0.414 e. The lowest BCUT2D eigenvalue weighted by Gasteiger charge is -2.39. The molecule has 40 heavy (non-hydrogen) atoms. The Morgan fingerprint density at radius 1 is 1.02 bits per heavy atom. The highest BCUT2D eigenvalue weighted by atomic mass is 16.6. The molecular weight excluding hydrogens is 514 g/mol. The maximum absolute atomic E-state index is 13.1. The average Bonchev–Trinajstić information content (AvgIpc) is 2.90. The largest absolute Gasteiger partial charge is 0.493 e. The minimum absolute atomic E-state index is 0.0688. The lowest BCUT2D eigenvalue weighted by atomic mass is 9.85. The Bertz CT molecular complexity index is 1210. The highest BCUT2D eigenvalue weighted by Crippen LogP contribution is 2.44. The number of benzene rings is 2. The zero-order chi connectivity index (χ0) is 29.4. The molecule has 1 aliphatic heterocycles. The quantitative estimate of drug-likeness (QED) is 0.445. The van der Waals surface area contributed by atoms with Crippen LogP contribution in [0.1, 0.15) is 68.4 Å². The maximum atomic E-state index is 13.1. The van der Waals surface area contributed by atoms with E-state index in [9.17, 15) is 14.4 Å². The Morgan fingerprint density at radius 2 is 1.73 bits per heavy atom. The summed E-state index contributed by atoms with van der Waals surface area (Å²) in [6.45, 7) is 10.2. The van der Waals surface area contributed by atoms with Crippen molar-refractivity contribution in [2.45, 2.75) is 65.0 Å². The van der Waals surface area contributed by atoms with Crippen LogP contribution < -0.4 is 25.0 Å². The van der Waals surface area contributed by atoms with Crippen molar-refractivity contribution >= 4 is 23.8 Å². The Morgan fingerprint density at radius 3 is 2.38 bits per heavy atom. The van der Waals surface area contributed by atoms with E-state index >= 15 is 0 Å². The molecule has 218 valence electrons. The van der Waals surface area contributed by atoms with E-state index < -0.39 is 17.8 Å². The van der Waals surface area contributed by atoms with Gasteiger partial charge in [0.2, 0.25) is 0 Å². The molecule has 1 aliphatic rings. The van der Waals surface area contributed by atoms with Gasteiger partial charge in [0.05, 0.1) is 26.5 Å². The maximum Gasteiger partial charge on any atom is 0.414 e. The number of alkyl carbamates (subject to hydrolysis) is 1. The fraction of sp³-hybridized carbons (Fsp3) is 0.500. The highest BCUT2D eigenvalue weighted by molar-refractivity contribution is 5.94. The van der Waals surface area contributed by atoms with Crippen LogP contribution in [0, 0.1) is 0 Å². The zero-order valence-electron chi connectivity index (χ0n) is 24.5. The van der Waals surface area contributed by atoms with Gasteiger partial charge < -0.3 is 29.6 Å². The van der Waals surface area contributed by atoms with Crippen molar-refractivity contribution in [2.24, 2.45) is 0 Å². The lowest BCUT2D eigenvalue weighted by molar-refractivity contribution is 0.0528. The fourth-order valence-electron chi connectivity index (χ4n) is 4.77. The first-order chi connectivity index (χ1) is 19.0. The van der Waals surface area contributed by atoms with Gasteiger partial charge in [0.15, 0.2) is 11.5 Å². The molecule has 0 fully saturated rings. The number of rotatable bonds is 9. The van der Waals surface area contributed by atoms with Crippen molar-refractivity contribution in [3.63, 3.8) is 0 Å². The second-order valence-electron chi connectivity index (χ2n) is 10.7. The van der Waals surface area contributed by atoms with Crippen LogP contribution in [0.2, 0.25) is 0 Å². The van der Waals surface area contributed by atoms with E-state index in [1.807, 2.05) is 52.0 Å². The van der Waals surface area contributed by atoms with E-state index in [2.05, 4.69) is 10.6 Å². The summed E-state index contributed by atoms with van der Waals surface area (Å²) in [6.07, 6.45) is 0.278. The summed E-state index contributed by atoms with van der Waals surface area (Å²) in [5, 5.41) is 5.79. The van der Waals surface area contributed by atoms with Gasteiger partial charge in [0, 0.05) is 36.7 Å². The number of methoxy groups -OCH3 is 2. The molecule has 0 bridgehead atoms. The van der Waals surface area contributed by atoms with Gasteiger partial charge in [-0.25, -0.2) is 9.59 Å². The lowest BCUT2D eigenvalue weighted by Crippen LogP contribution is -2.45. The van der Waals surface area contributed by atoms with Crippen LogP contribution in [0.15, 0.2) is 36.4 Å². The third kappa shape index (κ3) is 7.80. The molecule has 0 spiro atoms. The number of carbonyl (C=O) groups is 3. The van der Waals surface area contributed by atoms with Crippen molar-refractivity contribution in [1.29, 1.82) is 0 Å². The van der Waals surface area contributed by atoms with E-state index in [1.54, 1.807) is 38.2 Å². The summed E-state index contributed by atoms with van der Waals surface area (Å²) in [7, 11) is 3.11. The molecule has 3 rings (SSSR count). The minimum atomic E-state index is -0.562. The first kappa shape index (κ1) is 30.6. The second kappa shape index (κ2) is 13.4. The molecule has 2 atom stereocenters. The number of anilines is 1. The van der Waals surface area contributed by atoms with Crippen LogP contribution in [-0.2, 0) is 15.9 Å². The van der Waals surface area contributed by atoms with E-state index in [0.29, 0.717) is 48.7 Å². The number of hydrogen-bond donors (Lipinski definition) is 2. The number of nitrogens with zero attached hydrogens (tertiary/aromatic N) is 1. The Balaban J connectivity index is 1.72. The van der Waals surface area contributed by atoms with Gasteiger partial charge in [-0.1, -0.05) is 12.1 Å². The van der Waals surface area contributed by atoms with Crippen molar-refractivity contribution in [3.05, 3.63) is 53.1 Å². The van der Waals surface area contributed by atoms with Gasteiger partial charge >= 0.3 is 12.2 Å². The summed E-state index contributed by atoms with van der Waals surface area (Å²) in [4.78, 5) is 39.5. The zero-order valence-corrected chi connectivity index (χ0v) is 24.5. The molecule has 0 aromatic heterocycles. The number of carbonyl (C=O) groups excluding carboxylic acids is 3. The van der Waals surface area contributed by atoms with Crippen molar-refractivity contribution < 1.29 is 33.3 Å². The van der Waals surface area contributed by atoms with Gasteiger partial charge in [-0.05, 0) is 76.8 Å². The van der Waals surface area contributed by atoms with Gasteiger partial charge in [-0.3, -0.25) is 9.69 Å².